The van der Waals surface area contributed by atoms with Crippen LogP contribution in [0.1, 0.15) is 84.5 Å². The van der Waals surface area contributed by atoms with Crippen LogP contribution < -0.4 is 5.43 Å². The molecule has 0 aliphatic heterocycles. The number of hydrogen-bond donors (Lipinski definition) is 1. The van der Waals surface area contributed by atoms with Crippen molar-refractivity contribution < 1.29 is 4.79 Å². The van der Waals surface area contributed by atoms with E-state index < -0.39 is 0 Å². The van der Waals surface area contributed by atoms with Crippen molar-refractivity contribution in [1.82, 2.24) is 5.43 Å². The number of carbonyl (C=O) groups is 1. The van der Waals surface area contributed by atoms with Crippen molar-refractivity contribution in [2.24, 2.45) is 11.0 Å². The topological polar surface area (TPSA) is 41.5 Å². The zero-order valence-electron chi connectivity index (χ0n) is 12.7. The van der Waals surface area contributed by atoms with Gasteiger partial charge in [-0.2, -0.15) is 5.10 Å². The van der Waals surface area contributed by atoms with Crippen molar-refractivity contribution in [3.05, 3.63) is 0 Å². The van der Waals surface area contributed by atoms with Crippen LogP contribution in [0.5, 0.6) is 0 Å². The normalized spacial score (nSPS) is 21.6. The number of unbranched alkanes of at least 4 members (excludes halogenated alkanes) is 5. The number of nitrogens with one attached hydrogen (secondary N) is 1. The van der Waals surface area contributed by atoms with Crippen LogP contribution in [0, 0.1) is 5.92 Å². The number of rotatable bonds is 8. The van der Waals surface area contributed by atoms with Crippen LogP contribution in [0.2, 0.25) is 0 Å². The maximum absolute atomic E-state index is 11.6. The first-order chi connectivity index (χ1) is 9.22. The summed E-state index contributed by atoms with van der Waals surface area (Å²) >= 11 is 0. The largest absolute Gasteiger partial charge is 0.273 e. The second-order valence-electron chi connectivity index (χ2n) is 5.93. The fraction of sp³-hybridized carbons (Fsp3) is 0.875. The van der Waals surface area contributed by atoms with Crippen molar-refractivity contribution in [3.63, 3.8) is 0 Å². The minimum atomic E-state index is 0.0845. The molecule has 0 radical (unpaired) electrons. The Morgan fingerprint density at radius 2 is 2.00 bits per heavy atom. The molecule has 0 saturated heterocycles. The van der Waals surface area contributed by atoms with E-state index in [2.05, 4.69) is 24.4 Å². The van der Waals surface area contributed by atoms with Crippen molar-refractivity contribution in [2.45, 2.75) is 84.5 Å². The Balaban J connectivity index is 2.05. The van der Waals surface area contributed by atoms with E-state index in [0.29, 0.717) is 6.42 Å². The maximum Gasteiger partial charge on any atom is 0.240 e. The zero-order valence-corrected chi connectivity index (χ0v) is 12.7. The van der Waals surface area contributed by atoms with E-state index in [-0.39, 0.29) is 5.91 Å². The second-order valence-corrected chi connectivity index (χ2v) is 5.93. The van der Waals surface area contributed by atoms with Gasteiger partial charge in [-0.3, -0.25) is 4.79 Å². The molecule has 1 aliphatic rings. The van der Waals surface area contributed by atoms with Gasteiger partial charge in [0, 0.05) is 12.1 Å². The molecule has 1 N–H and O–H groups in total. The summed E-state index contributed by atoms with van der Waals surface area (Å²) in [5, 5.41) is 4.28. The molecule has 3 nitrogen and oxygen atoms in total. The Labute approximate surface area is 118 Å². The molecule has 1 saturated carbocycles. The van der Waals surface area contributed by atoms with Gasteiger partial charge in [0.1, 0.15) is 0 Å². The summed E-state index contributed by atoms with van der Waals surface area (Å²) in [5.74, 6) is 0.809. The van der Waals surface area contributed by atoms with Gasteiger partial charge in [0.2, 0.25) is 5.91 Å². The Hall–Kier alpha value is -0.860. The second kappa shape index (κ2) is 9.99. The minimum absolute atomic E-state index is 0.0845. The Morgan fingerprint density at radius 1 is 1.26 bits per heavy atom. The number of nitrogens with zero attached hydrogens (tertiary/aromatic N) is 1. The van der Waals surface area contributed by atoms with E-state index in [1.165, 1.54) is 50.7 Å². The highest BCUT2D eigenvalue weighted by atomic mass is 16.2. The van der Waals surface area contributed by atoms with Crippen molar-refractivity contribution in [3.8, 4) is 0 Å². The van der Waals surface area contributed by atoms with E-state index in [1.807, 2.05) is 0 Å². The van der Waals surface area contributed by atoms with Gasteiger partial charge in [0.15, 0.2) is 0 Å². The third-order valence-corrected chi connectivity index (χ3v) is 3.84. The van der Waals surface area contributed by atoms with Gasteiger partial charge >= 0.3 is 0 Å². The predicted molar refractivity (Wildman–Crippen MR) is 81.2 cm³/mol. The fourth-order valence-corrected chi connectivity index (χ4v) is 2.63. The first-order valence-corrected chi connectivity index (χ1v) is 8.06. The Kier molecular flexibility index (Phi) is 8.52. The highest BCUT2D eigenvalue weighted by Gasteiger charge is 2.14. The quantitative estimate of drug-likeness (QED) is 0.513. The van der Waals surface area contributed by atoms with Crippen molar-refractivity contribution in [2.75, 3.05) is 0 Å². The monoisotopic (exact) mass is 266 g/mol. The van der Waals surface area contributed by atoms with E-state index in [9.17, 15) is 4.79 Å². The molecule has 0 heterocycles. The smallest absolute Gasteiger partial charge is 0.240 e. The van der Waals surface area contributed by atoms with Crippen LogP contribution in [0.15, 0.2) is 5.10 Å². The molecule has 0 aromatic carbocycles. The molecule has 1 rings (SSSR count). The van der Waals surface area contributed by atoms with Crippen molar-refractivity contribution in [1.29, 1.82) is 0 Å². The van der Waals surface area contributed by atoms with Gasteiger partial charge in [-0.05, 0) is 38.0 Å². The fourth-order valence-electron chi connectivity index (χ4n) is 2.63. The minimum Gasteiger partial charge on any atom is -0.273 e. The number of amides is 1. The molecule has 1 atom stereocenters. The lowest BCUT2D eigenvalue weighted by Crippen LogP contribution is -2.21. The molecule has 1 fully saturated rings. The van der Waals surface area contributed by atoms with Crippen LogP contribution in [0.25, 0.3) is 0 Å². The number of carbonyl (C=O) groups excluding carboxylic acids is 1. The summed E-state index contributed by atoms with van der Waals surface area (Å²) in [6.07, 6.45) is 12.6. The van der Waals surface area contributed by atoms with Crippen LogP contribution >= 0.6 is 0 Å². The lowest BCUT2D eigenvalue weighted by molar-refractivity contribution is -0.121. The van der Waals surface area contributed by atoms with Crippen molar-refractivity contribution >= 4 is 11.6 Å². The lowest BCUT2D eigenvalue weighted by atomic mass is 9.89. The number of hydrogen-bond acceptors (Lipinski definition) is 2. The summed E-state index contributed by atoms with van der Waals surface area (Å²) in [4.78, 5) is 11.6. The predicted octanol–water partition coefficient (Wildman–Crippen LogP) is 4.42. The lowest BCUT2D eigenvalue weighted by Gasteiger charge is -2.18. The van der Waals surface area contributed by atoms with Gasteiger partial charge in [0.05, 0.1) is 0 Å². The van der Waals surface area contributed by atoms with Crippen LogP contribution in [-0.2, 0) is 4.79 Å². The highest BCUT2D eigenvalue weighted by Crippen LogP contribution is 2.20. The molecule has 0 bridgehead atoms. The molecule has 0 aromatic rings. The summed E-state index contributed by atoms with van der Waals surface area (Å²) in [6, 6.07) is 0. The van der Waals surface area contributed by atoms with E-state index >= 15 is 0 Å². The van der Waals surface area contributed by atoms with E-state index in [1.54, 1.807) is 0 Å². The van der Waals surface area contributed by atoms with Gasteiger partial charge in [-0.25, -0.2) is 5.43 Å². The molecule has 1 aliphatic carbocycles. The number of hydrazone groups is 1. The van der Waals surface area contributed by atoms with E-state index in [4.69, 9.17) is 0 Å². The Morgan fingerprint density at radius 3 is 2.74 bits per heavy atom. The molecule has 19 heavy (non-hydrogen) atoms. The average Bonchev–Trinajstić information content (AvgIpc) is 2.40. The average molecular weight is 266 g/mol. The molecule has 3 heteroatoms. The molecule has 110 valence electrons. The molecule has 0 aromatic heterocycles. The zero-order chi connectivity index (χ0) is 13.9. The molecular formula is C16H30N2O. The molecular weight excluding hydrogens is 236 g/mol. The summed E-state index contributed by atoms with van der Waals surface area (Å²) in [5.41, 5.74) is 3.90. The van der Waals surface area contributed by atoms with Gasteiger partial charge in [0.25, 0.3) is 0 Å². The molecule has 0 spiro atoms. The summed E-state index contributed by atoms with van der Waals surface area (Å²) < 4.78 is 0. The first kappa shape index (κ1) is 16.2. The van der Waals surface area contributed by atoms with Crippen LogP contribution in [-0.4, -0.2) is 11.6 Å². The first-order valence-electron chi connectivity index (χ1n) is 8.06. The molecule has 1 amide bonds. The van der Waals surface area contributed by atoms with Gasteiger partial charge in [-0.1, -0.05) is 46.0 Å². The van der Waals surface area contributed by atoms with Gasteiger partial charge < -0.3 is 0 Å². The third-order valence-electron chi connectivity index (χ3n) is 3.84. The summed E-state index contributed by atoms with van der Waals surface area (Å²) in [6.45, 7) is 4.48. The highest BCUT2D eigenvalue weighted by molar-refractivity contribution is 5.87. The standard InChI is InChI=1S/C16H30N2O/c1-3-4-5-6-7-8-12-16(19)18-17-15-11-9-10-14(2)13-15/h14H,3-13H2,1-2H3,(H,18,19)/b17-15+. The Bertz CT molecular complexity index is 286. The van der Waals surface area contributed by atoms with E-state index in [0.717, 1.165) is 25.2 Å². The third kappa shape index (κ3) is 8.02. The maximum atomic E-state index is 11.6. The van der Waals surface area contributed by atoms with Gasteiger partial charge in [-0.15, -0.1) is 0 Å². The van der Waals surface area contributed by atoms with Crippen LogP contribution in [0.3, 0.4) is 0 Å². The van der Waals surface area contributed by atoms with Crippen LogP contribution in [0.4, 0.5) is 0 Å². The SMILES string of the molecule is CCCCCCCCC(=O)N/N=C1\CCCC(C)C1. The molecule has 1 unspecified atom stereocenters. The summed E-state index contributed by atoms with van der Waals surface area (Å²) in [7, 11) is 0.